The first kappa shape index (κ1) is 20.5. The Morgan fingerprint density at radius 3 is 2.77 bits per heavy atom. The third-order valence-corrected chi connectivity index (χ3v) is 6.60. The van der Waals surface area contributed by atoms with E-state index >= 15 is 0 Å². The molecule has 1 unspecified atom stereocenters. The van der Waals surface area contributed by atoms with Gasteiger partial charge in [0.05, 0.1) is 28.7 Å². The van der Waals surface area contributed by atoms with E-state index in [4.69, 9.17) is 9.47 Å². The maximum Gasteiger partial charge on any atom is 0.265 e. The summed E-state index contributed by atoms with van der Waals surface area (Å²) in [5, 5.41) is 16.3. The molecular formula is C21H22N6O2S2. The van der Waals surface area contributed by atoms with E-state index < -0.39 is 0 Å². The third kappa shape index (κ3) is 3.72. The molecule has 1 aliphatic heterocycles. The van der Waals surface area contributed by atoms with Crippen molar-refractivity contribution >= 4 is 45.3 Å². The molecule has 5 rings (SSSR count). The molecule has 1 fully saturated rings. The number of nitrogens with zero attached hydrogens (tertiary/aromatic N) is 6. The first-order chi connectivity index (χ1) is 15.2. The number of fused-ring (bicyclic) bond motifs is 2. The molecule has 31 heavy (non-hydrogen) atoms. The van der Waals surface area contributed by atoms with Crippen molar-refractivity contribution in [2.45, 2.75) is 42.6 Å². The number of ether oxygens (including phenoxy) is 2. The van der Waals surface area contributed by atoms with Gasteiger partial charge in [-0.05, 0) is 50.3 Å². The molecule has 0 saturated carbocycles. The van der Waals surface area contributed by atoms with Crippen LogP contribution in [0.1, 0.15) is 31.1 Å². The van der Waals surface area contributed by atoms with Crippen molar-refractivity contribution in [1.82, 2.24) is 29.9 Å². The smallest absolute Gasteiger partial charge is 0.265 e. The lowest BCUT2D eigenvalue weighted by atomic mass is 10.1. The standard InChI is InChI=1S/C21H22N6O2S2/c1-12-7-8-15-13(11-23-27(15)16-6-4-5-9-28-16)18(12)29-19-17-14(10-22-26-19)20(30-2)25-21(24-17)31-3/h7-8,10-11,16H,4-6,9H2,1-3H3. The summed E-state index contributed by atoms with van der Waals surface area (Å²) in [5.41, 5.74) is 2.61. The zero-order chi connectivity index (χ0) is 21.4. The summed E-state index contributed by atoms with van der Waals surface area (Å²) in [6.45, 7) is 2.78. The first-order valence-electron chi connectivity index (χ1n) is 10.1. The summed E-state index contributed by atoms with van der Waals surface area (Å²) in [5.74, 6) is 1.07. The summed E-state index contributed by atoms with van der Waals surface area (Å²) >= 11 is 3.04. The van der Waals surface area contributed by atoms with E-state index in [1.165, 1.54) is 11.8 Å². The Bertz CT molecular complexity index is 1260. The van der Waals surface area contributed by atoms with E-state index in [0.29, 0.717) is 22.3 Å². The van der Waals surface area contributed by atoms with E-state index in [1.807, 2.05) is 36.4 Å². The Kier molecular flexibility index (Phi) is 5.68. The maximum atomic E-state index is 6.36. The van der Waals surface area contributed by atoms with Crippen molar-refractivity contribution in [3.8, 4) is 11.6 Å². The molecule has 10 heteroatoms. The number of benzene rings is 1. The monoisotopic (exact) mass is 454 g/mol. The fourth-order valence-corrected chi connectivity index (χ4v) is 4.76. The minimum absolute atomic E-state index is 0.0415. The highest BCUT2D eigenvalue weighted by molar-refractivity contribution is 7.99. The van der Waals surface area contributed by atoms with Gasteiger partial charge >= 0.3 is 0 Å². The Morgan fingerprint density at radius 2 is 2.00 bits per heavy atom. The summed E-state index contributed by atoms with van der Waals surface area (Å²) in [6, 6.07) is 4.10. The van der Waals surface area contributed by atoms with Gasteiger partial charge in [-0.15, -0.1) is 16.9 Å². The highest BCUT2D eigenvalue weighted by Gasteiger charge is 2.22. The van der Waals surface area contributed by atoms with Gasteiger partial charge in [0.25, 0.3) is 5.88 Å². The molecule has 8 nitrogen and oxygen atoms in total. The van der Waals surface area contributed by atoms with Crippen LogP contribution in [0.15, 0.2) is 34.7 Å². The molecule has 0 radical (unpaired) electrons. The normalized spacial score (nSPS) is 16.8. The van der Waals surface area contributed by atoms with Crippen molar-refractivity contribution < 1.29 is 9.47 Å². The molecule has 0 N–H and O–H groups in total. The van der Waals surface area contributed by atoms with Crippen molar-refractivity contribution in [1.29, 1.82) is 0 Å². The molecule has 4 heterocycles. The Morgan fingerprint density at radius 1 is 1.10 bits per heavy atom. The number of aryl methyl sites for hydroxylation is 1. The molecule has 0 bridgehead atoms. The first-order valence-corrected chi connectivity index (χ1v) is 12.5. The second-order valence-electron chi connectivity index (χ2n) is 7.29. The van der Waals surface area contributed by atoms with Gasteiger partial charge in [0, 0.05) is 6.61 Å². The zero-order valence-electron chi connectivity index (χ0n) is 17.5. The van der Waals surface area contributed by atoms with Crippen LogP contribution in [0.25, 0.3) is 21.8 Å². The van der Waals surface area contributed by atoms with Gasteiger partial charge in [-0.2, -0.15) is 10.2 Å². The van der Waals surface area contributed by atoms with Crippen molar-refractivity contribution in [2.24, 2.45) is 0 Å². The molecular weight excluding hydrogens is 432 g/mol. The molecule has 4 aromatic rings. The lowest BCUT2D eigenvalue weighted by Crippen LogP contribution is -2.18. The second-order valence-corrected chi connectivity index (χ2v) is 8.86. The van der Waals surface area contributed by atoms with E-state index in [0.717, 1.165) is 52.7 Å². The third-order valence-electron chi connectivity index (χ3n) is 5.36. The maximum absolute atomic E-state index is 6.36. The SMILES string of the molecule is CSc1nc(SC)c2cnnc(Oc3c(C)ccc4c3cnn4C3CCCCO3)c2n1. The van der Waals surface area contributed by atoms with Crippen LogP contribution in [0.3, 0.4) is 0 Å². The van der Waals surface area contributed by atoms with Gasteiger partial charge in [-0.3, -0.25) is 0 Å². The van der Waals surface area contributed by atoms with Crippen LogP contribution < -0.4 is 4.74 Å². The second kappa shape index (κ2) is 8.60. The summed E-state index contributed by atoms with van der Waals surface area (Å²) in [7, 11) is 0. The van der Waals surface area contributed by atoms with Gasteiger partial charge < -0.3 is 9.47 Å². The number of rotatable bonds is 5. The van der Waals surface area contributed by atoms with Crippen molar-refractivity contribution in [3.05, 3.63) is 30.1 Å². The highest BCUT2D eigenvalue weighted by atomic mass is 32.2. The molecule has 1 saturated heterocycles. The molecule has 0 spiro atoms. The fourth-order valence-electron chi connectivity index (χ4n) is 3.79. The molecule has 0 amide bonds. The largest absolute Gasteiger partial charge is 0.435 e. The van der Waals surface area contributed by atoms with Crippen LogP contribution in [0.2, 0.25) is 0 Å². The van der Waals surface area contributed by atoms with Gasteiger partial charge in [0.1, 0.15) is 16.3 Å². The predicted molar refractivity (Wildman–Crippen MR) is 122 cm³/mol. The van der Waals surface area contributed by atoms with Crippen molar-refractivity contribution in [3.63, 3.8) is 0 Å². The summed E-state index contributed by atoms with van der Waals surface area (Å²) in [6.07, 6.45) is 10.6. The van der Waals surface area contributed by atoms with E-state index in [2.05, 4.69) is 31.3 Å². The minimum atomic E-state index is -0.0415. The Hall–Kier alpha value is -2.43. The highest BCUT2D eigenvalue weighted by Crippen LogP contribution is 2.37. The lowest BCUT2D eigenvalue weighted by Gasteiger charge is -2.23. The van der Waals surface area contributed by atoms with Gasteiger partial charge in [-0.25, -0.2) is 14.6 Å². The van der Waals surface area contributed by atoms with E-state index in [-0.39, 0.29) is 6.23 Å². The summed E-state index contributed by atoms with van der Waals surface area (Å²) in [4.78, 5) is 9.23. The van der Waals surface area contributed by atoms with Gasteiger partial charge in [0.15, 0.2) is 11.4 Å². The molecule has 1 aliphatic rings. The lowest BCUT2D eigenvalue weighted by molar-refractivity contribution is -0.0366. The van der Waals surface area contributed by atoms with Gasteiger partial charge in [-0.1, -0.05) is 17.8 Å². The van der Waals surface area contributed by atoms with Crippen LogP contribution >= 0.6 is 23.5 Å². The fraction of sp³-hybridized carbons (Fsp3) is 0.381. The quantitative estimate of drug-likeness (QED) is 0.234. The molecule has 0 aliphatic carbocycles. The predicted octanol–water partition coefficient (Wildman–Crippen LogP) is 5.01. The average molecular weight is 455 g/mol. The molecule has 1 aromatic carbocycles. The number of thioether (sulfide) groups is 2. The van der Waals surface area contributed by atoms with Crippen LogP contribution in [-0.4, -0.2) is 49.1 Å². The Labute approximate surface area is 188 Å². The van der Waals surface area contributed by atoms with Crippen LogP contribution in [-0.2, 0) is 4.74 Å². The zero-order valence-corrected chi connectivity index (χ0v) is 19.2. The number of aromatic nitrogens is 6. The average Bonchev–Trinajstić information content (AvgIpc) is 3.25. The van der Waals surface area contributed by atoms with Gasteiger partial charge in [0.2, 0.25) is 0 Å². The van der Waals surface area contributed by atoms with E-state index in [9.17, 15) is 0 Å². The number of hydrogen-bond donors (Lipinski definition) is 0. The van der Waals surface area contributed by atoms with Crippen molar-refractivity contribution in [2.75, 3.05) is 19.1 Å². The minimum Gasteiger partial charge on any atom is -0.435 e. The van der Waals surface area contributed by atoms with E-state index in [1.54, 1.807) is 18.0 Å². The van der Waals surface area contributed by atoms with Crippen LogP contribution in [0, 0.1) is 6.92 Å². The van der Waals surface area contributed by atoms with Crippen LogP contribution in [0.4, 0.5) is 0 Å². The molecule has 3 aromatic heterocycles. The molecule has 160 valence electrons. The Balaban J connectivity index is 1.62. The number of hydrogen-bond acceptors (Lipinski definition) is 9. The summed E-state index contributed by atoms with van der Waals surface area (Å²) < 4.78 is 14.3. The molecule has 1 atom stereocenters. The van der Waals surface area contributed by atoms with Crippen LogP contribution in [0.5, 0.6) is 11.6 Å². The topological polar surface area (TPSA) is 87.8 Å².